The number of rotatable bonds is 5. The summed E-state index contributed by atoms with van der Waals surface area (Å²) in [6, 6.07) is 9.63. The van der Waals surface area contributed by atoms with Gasteiger partial charge >= 0.3 is 6.03 Å². The van der Waals surface area contributed by atoms with Crippen LogP contribution in [0.15, 0.2) is 42.6 Å². The number of pyridine rings is 1. The van der Waals surface area contributed by atoms with Crippen LogP contribution in [0.3, 0.4) is 0 Å². The number of amides is 3. The Bertz CT molecular complexity index is 907. The topological polar surface area (TPSA) is 94.6 Å². The molecule has 0 saturated carbocycles. The van der Waals surface area contributed by atoms with Crippen molar-refractivity contribution >= 4 is 11.9 Å². The molecule has 158 valence electrons. The van der Waals surface area contributed by atoms with Gasteiger partial charge in [0, 0.05) is 36.4 Å². The third-order valence-electron chi connectivity index (χ3n) is 5.84. The molecule has 1 aromatic heterocycles. The summed E-state index contributed by atoms with van der Waals surface area (Å²) in [6.07, 6.45) is 4.77. The number of fused-ring (bicyclic) bond motifs is 2. The molecule has 0 spiro atoms. The van der Waals surface area contributed by atoms with Crippen LogP contribution in [0.4, 0.5) is 9.18 Å². The van der Waals surface area contributed by atoms with Gasteiger partial charge in [0.2, 0.25) is 0 Å². The molecule has 4 rings (SSSR count). The first kappa shape index (κ1) is 20.3. The molecular weight excluding hydrogens is 387 g/mol. The van der Waals surface area contributed by atoms with E-state index < -0.39 is 0 Å². The van der Waals surface area contributed by atoms with Gasteiger partial charge in [-0.15, -0.1) is 0 Å². The van der Waals surface area contributed by atoms with E-state index in [0.29, 0.717) is 29.7 Å². The van der Waals surface area contributed by atoms with E-state index in [1.807, 2.05) is 4.90 Å². The SMILES string of the molecule is O=C(NC1CC2CCC(C1)N2C(=O)NCCO)c1ccc(-c2cccc(F)c2)nc1. The number of carbonyl (C=O) groups excluding carboxylic acids is 2. The number of aliphatic hydroxyl groups is 1. The average Bonchev–Trinajstić information content (AvgIpc) is 3.02. The Kier molecular flexibility index (Phi) is 5.94. The van der Waals surface area contributed by atoms with E-state index in [1.54, 1.807) is 24.3 Å². The molecule has 2 bridgehead atoms. The molecule has 2 fully saturated rings. The second kappa shape index (κ2) is 8.79. The lowest BCUT2D eigenvalue weighted by atomic mass is 9.97. The molecule has 0 aliphatic carbocycles. The molecule has 2 aromatic rings. The largest absolute Gasteiger partial charge is 0.395 e. The van der Waals surface area contributed by atoms with E-state index >= 15 is 0 Å². The number of urea groups is 1. The minimum absolute atomic E-state index is 0.000197. The second-order valence-electron chi connectivity index (χ2n) is 7.83. The fourth-order valence-electron chi connectivity index (χ4n) is 4.50. The lowest BCUT2D eigenvalue weighted by Gasteiger charge is -2.39. The van der Waals surface area contributed by atoms with Crippen molar-refractivity contribution in [2.24, 2.45) is 0 Å². The minimum Gasteiger partial charge on any atom is -0.395 e. The van der Waals surface area contributed by atoms with E-state index in [0.717, 1.165) is 12.8 Å². The van der Waals surface area contributed by atoms with Crippen molar-refractivity contribution in [1.29, 1.82) is 0 Å². The number of aromatic nitrogens is 1. The standard InChI is InChI=1S/C22H25FN4O3/c23-16-3-1-2-14(10-16)20-7-4-15(13-25-20)21(29)26-17-11-18-5-6-19(12-17)27(18)22(30)24-8-9-28/h1-4,7,10,13,17-19,28H,5-6,8-9,11-12H2,(H,24,30)(H,26,29). The summed E-state index contributed by atoms with van der Waals surface area (Å²) >= 11 is 0. The fraction of sp³-hybridized carbons (Fsp3) is 0.409. The molecule has 2 atom stereocenters. The maximum absolute atomic E-state index is 13.4. The van der Waals surface area contributed by atoms with Crippen LogP contribution in [-0.4, -0.2) is 58.2 Å². The maximum Gasteiger partial charge on any atom is 0.317 e. The Morgan fingerprint density at radius 1 is 1.17 bits per heavy atom. The number of aliphatic hydroxyl groups excluding tert-OH is 1. The quantitative estimate of drug-likeness (QED) is 0.703. The zero-order valence-electron chi connectivity index (χ0n) is 16.6. The smallest absolute Gasteiger partial charge is 0.317 e. The zero-order valence-corrected chi connectivity index (χ0v) is 16.6. The Morgan fingerprint density at radius 2 is 1.93 bits per heavy atom. The summed E-state index contributed by atoms with van der Waals surface area (Å²) in [6.45, 7) is 0.160. The molecule has 1 aromatic carbocycles. The summed E-state index contributed by atoms with van der Waals surface area (Å²) in [4.78, 5) is 31.2. The lowest BCUT2D eigenvalue weighted by molar-refractivity contribution is 0.0883. The van der Waals surface area contributed by atoms with Crippen LogP contribution in [0.25, 0.3) is 11.3 Å². The van der Waals surface area contributed by atoms with Crippen molar-refractivity contribution in [2.75, 3.05) is 13.2 Å². The molecule has 2 unspecified atom stereocenters. The number of carbonyl (C=O) groups is 2. The number of nitrogens with one attached hydrogen (secondary N) is 2. The molecular formula is C22H25FN4O3. The maximum atomic E-state index is 13.4. The van der Waals surface area contributed by atoms with E-state index in [1.165, 1.54) is 18.3 Å². The van der Waals surface area contributed by atoms with Gasteiger partial charge in [-0.25, -0.2) is 9.18 Å². The van der Waals surface area contributed by atoms with Gasteiger partial charge in [0.15, 0.2) is 0 Å². The monoisotopic (exact) mass is 412 g/mol. The zero-order chi connectivity index (χ0) is 21.1. The number of hydrogen-bond donors (Lipinski definition) is 3. The molecule has 2 saturated heterocycles. The van der Waals surface area contributed by atoms with Crippen molar-refractivity contribution < 1.29 is 19.1 Å². The Labute approximate surface area is 174 Å². The molecule has 0 radical (unpaired) electrons. The Balaban J connectivity index is 1.36. The van der Waals surface area contributed by atoms with Crippen LogP contribution < -0.4 is 10.6 Å². The van der Waals surface area contributed by atoms with E-state index in [4.69, 9.17) is 5.11 Å². The van der Waals surface area contributed by atoms with Gasteiger partial charge in [-0.1, -0.05) is 12.1 Å². The van der Waals surface area contributed by atoms with Crippen LogP contribution in [0.2, 0.25) is 0 Å². The lowest BCUT2D eigenvalue weighted by Crippen LogP contribution is -2.55. The van der Waals surface area contributed by atoms with Crippen molar-refractivity contribution in [3.8, 4) is 11.3 Å². The van der Waals surface area contributed by atoms with Gasteiger partial charge in [-0.3, -0.25) is 9.78 Å². The molecule has 30 heavy (non-hydrogen) atoms. The molecule has 7 nitrogen and oxygen atoms in total. The van der Waals surface area contributed by atoms with Gasteiger partial charge in [0.05, 0.1) is 17.9 Å². The first-order chi connectivity index (χ1) is 14.5. The third kappa shape index (κ3) is 4.28. The second-order valence-corrected chi connectivity index (χ2v) is 7.83. The molecule has 3 N–H and O–H groups in total. The fourth-order valence-corrected chi connectivity index (χ4v) is 4.50. The molecule has 8 heteroatoms. The van der Waals surface area contributed by atoms with Gasteiger partial charge < -0.3 is 20.6 Å². The van der Waals surface area contributed by atoms with Gasteiger partial charge in [0.1, 0.15) is 5.82 Å². The van der Waals surface area contributed by atoms with Crippen LogP contribution in [0.5, 0.6) is 0 Å². The van der Waals surface area contributed by atoms with Crippen molar-refractivity contribution in [1.82, 2.24) is 20.5 Å². The predicted molar refractivity (Wildman–Crippen MR) is 109 cm³/mol. The normalized spacial score (nSPS) is 22.6. The Hall–Kier alpha value is -3.00. The highest BCUT2D eigenvalue weighted by Gasteiger charge is 2.43. The number of benzene rings is 1. The van der Waals surface area contributed by atoms with Crippen molar-refractivity contribution in [3.63, 3.8) is 0 Å². The van der Waals surface area contributed by atoms with Gasteiger partial charge in [-0.05, 0) is 49.9 Å². The van der Waals surface area contributed by atoms with E-state index in [-0.39, 0.29) is 49.0 Å². The third-order valence-corrected chi connectivity index (χ3v) is 5.84. The molecule has 2 aliphatic heterocycles. The first-order valence-electron chi connectivity index (χ1n) is 10.2. The number of piperidine rings is 1. The number of halogens is 1. The van der Waals surface area contributed by atoms with Crippen molar-refractivity contribution in [2.45, 2.75) is 43.8 Å². The van der Waals surface area contributed by atoms with E-state index in [2.05, 4.69) is 15.6 Å². The number of nitrogens with zero attached hydrogens (tertiary/aromatic N) is 2. The van der Waals surface area contributed by atoms with Crippen LogP contribution in [0.1, 0.15) is 36.0 Å². The minimum atomic E-state index is -0.331. The average molecular weight is 412 g/mol. The summed E-state index contributed by atoms with van der Waals surface area (Å²) in [5, 5.41) is 14.7. The Morgan fingerprint density at radius 3 is 2.57 bits per heavy atom. The summed E-state index contributed by atoms with van der Waals surface area (Å²) in [7, 11) is 0. The molecule has 3 amide bonds. The van der Waals surface area contributed by atoms with E-state index in [9.17, 15) is 14.0 Å². The summed E-state index contributed by atoms with van der Waals surface area (Å²) < 4.78 is 13.4. The summed E-state index contributed by atoms with van der Waals surface area (Å²) in [5.74, 6) is -0.530. The highest BCUT2D eigenvalue weighted by atomic mass is 19.1. The number of hydrogen-bond acceptors (Lipinski definition) is 4. The predicted octanol–water partition coefficient (Wildman–Crippen LogP) is 2.31. The van der Waals surface area contributed by atoms with Crippen LogP contribution in [0, 0.1) is 5.82 Å². The van der Waals surface area contributed by atoms with Crippen LogP contribution in [-0.2, 0) is 0 Å². The molecule has 3 heterocycles. The van der Waals surface area contributed by atoms with Gasteiger partial charge in [0.25, 0.3) is 5.91 Å². The highest BCUT2D eigenvalue weighted by molar-refractivity contribution is 5.94. The van der Waals surface area contributed by atoms with Crippen LogP contribution >= 0.6 is 0 Å². The van der Waals surface area contributed by atoms with Crippen molar-refractivity contribution in [3.05, 3.63) is 54.0 Å². The highest BCUT2D eigenvalue weighted by Crippen LogP contribution is 2.35. The molecule has 2 aliphatic rings. The first-order valence-corrected chi connectivity index (χ1v) is 10.2. The summed E-state index contributed by atoms with van der Waals surface area (Å²) in [5.41, 5.74) is 1.71. The van der Waals surface area contributed by atoms with Gasteiger partial charge in [-0.2, -0.15) is 0 Å².